The third-order valence-electron chi connectivity index (χ3n) is 7.80. The molecule has 1 aromatic rings. The Kier molecular flexibility index (Phi) is 14.6. The second-order valence-corrected chi connectivity index (χ2v) is 12.5. The van der Waals surface area contributed by atoms with E-state index in [4.69, 9.17) is 4.74 Å². The Bertz CT molecular complexity index is 780. The van der Waals surface area contributed by atoms with Crippen molar-refractivity contribution < 1.29 is 9.53 Å². The summed E-state index contributed by atoms with van der Waals surface area (Å²) in [6.07, 6.45) is 23.3. The van der Waals surface area contributed by atoms with Gasteiger partial charge in [0.2, 0.25) is 0 Å². The second kappa shape index (κ2) is 17.1. The molecule has 37 heavy (non-hydrogen) atoms. The fourth-order valence-electron chi connectivity index (χ4n) is 5.91. The van der Waals surface area contributed by atoms with Gasteiger partial charge in [0.05, 0.1) is 0 Å². The number of nitrogens with one attached hydrogen (secondary N) is 1. The minimum absolute atomic E-state index is 0.0489. The van der Waals surface area contributed by atoms with E-state index in [0.717, 1.165) is 30.4 Å². The molecule has 210 valence electrons. The van der Waals surface area contributed by atoms with Crippen LogP contribution in [-0.2, 0) is 9.53 Å². The average molecular weight is 512 g/mol. The molecule has 0 bridgehead atoms. The number of unbranched alkanes of at least 4 members (excludes halogenated alkanes) is 14. The zero-order valence-corrected chi connectivity index (χ0v) is 24.9. The van der Waals surface area contributed by atoms with Gasteiger partial charge in [0.1, 0.15) is 6.10 Å². The molecular weight excluding hydrogens is 454 g/mol. The molecule has 0 radical (unpaired) electrons. The van der Waals surface area contributed by atoms with Gasteiger partial charge in [-0.15, -0.1) is 0 Å². The Labute approximate surface area is 229 Å². The third-order valence-corrected chi connectivity index (χ3v) is 7.80. The van der Waals surface area contributed by atoms with E-state index in [1.165, 1.54) is 83.5 Å². The van der Waals surface area contributed by atoms with Crippen LogP contribution >= 0.6 is 0 Å². The van der Waals surface area contributed by atoms with Crippen LogP contribution in [0.15, 0.2) is 35.9 Å². The Hall–Kier alpha value is -1.61. The normalized spacial score (nSPS) is 19.7. The van der Waals surface area contributed by atoms with E-state index in [1.54, 1.807) is 0 Å². The van der Waals surface area contributed by atoms with Crippen LogP contribution in [0, 0.1) is 0 Å². The Morgan fingerprint density at radius 3 is 1.81 bits per heavy atom. The largest absolute Gasteiger partial charge is 0.458 e. The molecule has 2 rings (SSSR count). The van der Waals surface area contributed by atoms with Crippen LogP contribution in [0.3, 0.4) is 0 Å². The smallest absolute Gasteiger partial charge is 0.306 e. The van der Waals surface area contributed by atoms with Gasteiger partial charge in [-0.1, -0.05) is 133 Å². The van der Waals surface area contributed by atoms with Gasteiger partial charge in [-0.2, -0.15) is 0 Å². The molecule has 0 spiro atoms. The molecule has 3 nitrogen and oxygen atoms in total. The van der Waals surface area contributed by atoms with Crippen molar-refractivity contribution in [2.45, 2.75) is 161 Å². The van der Waals surface area contributed by atoms with Crippen LogP contribution < -0.4 is 5.32 Å². The highest BCUT2D eigenvalue weighted by molar-refractivity contribution is 5.70. The van der Waals surface area contributed by atoms with Crippen molar-refractivity contribution in [3.05, 3.63) is 41.5 Å². The summed E-state index contributed by atoms with van der Waals surface area (Å²) in [7, 11) is 0. The summed E-state index contributed by atoms with van der Waals surface area (Å²) in [5.74, 6) is -0.0489. The molecule has 1 unspecified atom stereocenters. The van der Waals surface area contributed by atoms with Gasteiger partial charge in [0, 0.05) is 23.9 Å². The summed E-state index contributed by atoms with van der Waals surface area (Å²) in [4.78, 5) is 12.8. The van der Waals surface area contributed by atoms with Crippen LogP contribution in [0.5, 0.6) is 0 Å². The first-order valence-electron chi connectivity index (χ1n) is 15.5. The summed E-state index contributed by atoms with van der Waals surface area (Å²) in [5, 5.41) is 3.75. The summed E-state index contributed by atoms with van der Waals surface area (Å²) in [6, 6.07) is 10.4. The van der Waals surface area contributed by atoms with Crippen molar-refractivity contribution in [1.82, 2.24) is 5.32 Å². The second-order valence-electron chi connectivity index (χ2n) is 12.5. The lowest BCUT2D eigenvalue weighted by molar-refractivity contribution is -0.149. The maximum Gasteiger partial charge on any atom is 0.306 e. The van der Waals surface area contributed by atoms with Gasteiger partial charge in [-0.3, -0.25) is 4.79 Å². The van der Waals surface area contributed by atoms with Crippen LogP contribution in [-0.4, -0.2) is 23.2 Å². The molecule has 1 aliphatic rings. The van der Waals surface area contributed by atoms with Gasteiger partial charge in [-0.25, -0.2) is 0 Å². The number of ether oxygens (including phenoxy) is 1. The quantitative estimate of drug-likeness (QED) is 0.157. The van der Waals surface area contributed by atoms with Crippen molar-refractivity contribution in [3.8, 4) is 0 Å². The average Bonchev–Trinajstić information content (AvgIpc) is 2.83. The molecule has 0 aromatic heterocycles. The van der Waals surface area contributed by atoms with E-state index in [0.29, 0.717) is 6.42 Å². The first kappa shape index (κ1) is 31.6. The number of benzene rings is 1. The standard InChI is InChI=1S/C34H57NO2/c1-6-7-8-9-10-11-12-13-14-15-16-17-18-19-23-26-32(36)37-31-28-33(2,3)35-34(4,5)30(31)27-29-24-21-20-22-25-29/h20-22,24-25,27,31,35H,6-19,23,26,28H2,1-5H3/b30-27-. The summed E-state index contributed by atoms with van der Waals surface area (Å²) in [6.45, 7) is 11.1. The van der Waals surface area contributed by atoms with Crippen molar-refractivity contribution in [2.24, 2.45) is 0 Å². The van der Waals surface area contributed by atoms with E-state index >= 15 is 0 Å². The van der Waals surface area contributed by atoms with Gasteiger partial charge < -0.3 is 10.1 Å². The van der Waals surface area contributed by atoms with E-state index < -0.39 is 0 Å². The lowest BCUT2D eigenvalue weighted by Gasteiger charge is -2.48. The SMILES string of the molecule is CCCCCCCCCCCCCCCCCC(=O)OC1CC(C)(C)NC(C)(C)/C1=C\c1ccccc1. The van der Waals surface area contributed by atoms with Crippen molar-refractivity contribution in [3.63, 3.8) is 0 Å². The lowest BCUT2D eigenvalue weighted by Crippen LogP contribution is -2.61. The third kappa shape index (κ3) is 13.1. The molecule has 1 fully saturated rings. The molecule has 1 aliphatic heterocycles. The number of hydrogen-bond donors (Lipinski definition) is 1. The van der Waals surface area contributed by atoms with Crippen molar-refractivity contribution >= 4 is 12.0 Å². The van der Waals surface area contributed by atoms with Gasteiger partial charge in [0.25, 0.3) is 0 Å². The molecule has 1 heterocycles. The lowest BCUT2D eigenvalue weighted by atomic mass is 9.76. The number of carbonyl (C=O) groups excluding carboxylic acids is 1. The minimum Gasteiger partial charge on any atom is -0.458 e. The molecule has 0 amide bonds. The maximum atomic E-state index is 12.8. The first-order chi connectivity index (χ1) is 17.7. The Balaban J connectivity index is 1.62. The summed E-state index contributed by atoms with van der Waals surface area (Å²) in [5.41, 5.74) is 1.98. The highest BCUT2D eigenvalue weighted by Crippen LogP contribution is 2.36. The minimum atomic E-state index is -0.239. The van der Waals surface area contributed by atoms with Gasteiger partial charge in [-0.05, 0) is 45.3 Å². The predicted octanol–water partition coefficient (Wildman–Crippen LogP) is 9.79. The molecule has 1 saturated heterocycles. The zero-order valence-electron chi connectivity index (χ0n) is 24.9. The van der Waals surface area contributed by atoms with Crippen molar-refractivity contribution in [1.29, 1.82) is 0 Å². The monoisotopic (exact) mass is 511 g/mol. The molecular formula is C34H57NO2. The van der Waals surface area contributed by atoms with Gasteiger partial charge >= 0.3 is 5.97 Å². The van der Waals surface area contributed by atoms with E-state index in [-0.39, 0.29) is 23.2 Å². The Morgan fingerprint density at radius 2 is 1.30 bits per heavy atom. The van der Waals surface area contributed by atoms with E-state index in [9.17, 15) is 4.79 Å². The molecule has 0 aliphatic carbocycles. The van der Waals surface area contributed by atoms with Crippen LogP contribution in [0.2, 0.25) is 0 Å². The van der Waals surface area contributed by atoms with Crippen LogP contribution in [0.1, 0.15) is 149 Å². The molecule has 0 saturated carbocycles. The number of piperidine rings is 1. The molecule has 1 atom stereocenters. The fourth-order valence-corrected chi connectivity index (χ4v) is 5.91. The summed E-state index contributed by atoms with van der Waals surface area (Å²) < 4.78 is 6.12. The molecule has 3 heteroatoms. The predicted molar refractivity (Wildman–Crippen MR) is 160 cm³/mol. The van der Waals surface area contributed by atoms with Gasteiger partial charge in [0.15, 0.2) is 0 Å². The highest BCUT2D eigenvalue weighted by atomic mass is 16.5. The maximum absolute atomic E-state index is 12.8. The number of esters is 1. The fraction of sp³-hybridized carbons (Fsp3) is 0.735. The molecule has 1 aromatic carbocycles. The Morgan fingerprint density at radius 1 is 0.811 bits per heavy atom. The van der Waals surface area contributed by atoms with Crippen LogP contribution in [0.25, 0.3) is 6.08 Å². The number of hydrogen-bond acceptors (Lipinski definition) is 3. The topological polar surface area (TPSA) is 38.3 Å². The number of rotatable bonds is 18. The number of carbonyl (C=O) groups is 1. The van der Waals surface area contributed by atoms with E-state index in [2.05, 4.69) is 70.3 Å². The summed E-state index contributed by atoms with van der Waals surface area (Å²) >= 11 is 0. The first-order valence-corrected chi connectivity index (χ1v) is 15.5. The highest BCUT2D eigenvalue weighted by Gasteiger charge is 2.43. The van der Waals surface area contributed by atoms with E-state index in [1.807, 2.05) is 6.07 Å². The zero-order chi connectivity index (χ0) is 27.0. The molecule has 1 N–H and O–H groups in total. The van der Waals surface area contributed by atoms with Crippen LogP contribution in [0.4, 0.5) is 0 Å². The van der Waals surface area contributed by atoms with Crippen molar-refractivity contribution in [2.75, 3.05) is 0 Å².